The van der Waals surface area contributed by atoms with Crippen molar-refractivity contribution in [3.8, 4) is 0 Å². The average molecular weight is 328 g/mol. The second-order valence-electron chi connectivity index (χ2n) is 7.10. The van der Waals surface area contributed by atoms with Crippen LogP contribution in [0.2, 0.25) is 0 Å². The maximum absolute atomic E-state index is 12.0. The summed E-state index contributed by atoms with van der Waals surface area (Å²) < 4.78 is 5.07. The Balaban J connectivity index is 2.31. The fourth-order valence-electron chi connectivity index (χ4n) is 2.75. The number of hydrogen-bond donors (Lipinski definition) is 3. The SMILES string of the molecule is CC(C)(C)OC(=O)NCCNC(=O)CC1(C(=O)O)CCCCC1. The third-order valence-corrected chi connectivity index (χ3v) is 3.88. The number of carbonyl (C=O) groups excluding carboxylic acids is 2. The van der Waals surface area contributed by atoms with Crippen molar-refractivity contribution in [2.24, 2.45) is 5.41 Å². The second kappa shape index (κ2) is 8.17. The molecule has 2 amide bonds. The number of amides is 2. The molecule has 132 valence electrons. The molecule has 0 spiro atoms. The molecule has 7 nitrogen and oxygen atoms in total. The molecule has 0 unspecified atom stereocenters. The number of nitrogens with one attached hydrogen (secondary N) is 2. The molecule has 0 atom stereocenters. The number of carboxylic acids is 1. The van der Waals surface area contributed by atoms with Crippen LogP contribution in [0.4, 0.5) is 4.79 Å². The van der Waals surface area contributed by atoms with Crippen LogP contribution in [-0.4, -0.2) is 41.8 Å². The molecule has 1 rings (SSSR count). The van der Waals surface area contributed by atoms with Crippen molar-refractivity contribution in [3.63, 3.8) is 0 Å². The van der Waals surface area contributed by atoms with Gasteiger partial charge in [-0.15, -0.1) is 0 Å². The standard InChI is InChI=1S/C16H28N2O5/c1-15(2,3)23-14(22)18-10-9-17-12(19)11-16(13(20)21)7-5-4-6-8-16/h4-11H2,1-3H3,(H,17,19)(H,18,22)(H,20,21). The molecular weight excluding hydrogens is 300 g/mol. The predicted octanol–water partition coefficient (Wildman–Crippen LogP) is 2.05. The molecule has 1 saturated carbocycles. The van der Waals surface area contributed by atoms with Gasteiger partial charge in [-0.2, -0.15) is 0 Å². The lowest BCUT2D eigenvalue weighted by molar-refractivity contribution is -0.154. The first-order valence-electron chi connectivity index (χ1n) is 8.12. The lowest BCUT2D eigenvalue weighted by Gasteiger charge is -2.32. The van der Waals surface area contributed by atoms with Gasteiger partial charge >= 0.3 is 12.1 Å². The van der Waals surface area contributed by atoms with Crippen molar-refractivity contribution in [3.05, 3.63) is 0 Å². The molecular formula is C16H28N2O5. The number of rotatable bonds is 6. The van der Waals surface area contributed by atoms with Crippen molar-refractivity contribution in [2.75, 3.05) is 13.1 Å². The minimum Gasteiger partial charge on any atom is -0.481 e. The van der Waals surface area contributed by atoms with Gasteiger partial charge in [-0.05, 0) is 33.6 Å². The first-order valence-corrected chi connectivity index (χ1v) is 8.12. The number of ether oxygens (including phenoxy) is 1. The van der Waals surface area contributed by atoms with Crippen molar-refractivity contribution < 1.29 is 24.2 Å². The van der Waals surface area contributed by atoms with Crippen LogP contribution in [0.1, 0.15) is 59.3 Å². The van der Waals surface area contributed by atoms with Crippen LogP contribution >= 0.6 is 0 Å². The summed E-state index contributed by atoms with van der Waals surface area (Å²) in [5.74, 6) is -1.18. The molecule has 1 aliphatic rings. The van der Waals surface area contributed by atoms with Gasteiger partial charge in [-0.3, -0.25) is 9.59 Å². The van der Waals surface area contributed by atoms with E-state index in [0.29, 0.717) is 12.8 Å². The minimum atomic E-state index is -0.930. The van der Waals surface area contributed by atoms with Crippen LogP contribution in [0, 0.1) is 5.41 Å². The largest absolute Gasteiger partial charge is 0.481 e. The van der Waals surface area contributed by atoms with E-state index in [0.717, 1.165) is 19.3 Å². The molecule has 1 fully saturated rings. The van der Waals surface area contributed by atoms with Crippen molar-refractivity contribution >= 4 is 18.0 Å². The molecule has 0 radical (unpaired) electrons. The molecule has 1 aliphatic carbocycles. The lowest BCUT2D eigenvalue weighted by Crippen LogP contribution is -2.41. The molecule has 0 saturated heterocycles. The Morgan fingerprint density at radius 1 is 1.04 bits per heavy atom. The van der Waals surface area contributed by atoms with Crippen molar-refractivity contribution in [2.45, 2.75) is 64.9 Å². The molecule has 0 heterocycles. The van der Waals surface area contributed by atoms with E-state index in [1.165, 1.54) is 0 Å². The maximum atomic E-state index is 12.0. The highest BCUT2D eigenvalue weighted by Crippen LogP contribution is 2.39. The Bertz CT molecular complexity index is 436. The molecule has 0 aromatic carbocycles. The quantitative estimate of drug-likeness (QED) is 0.647. The molecule has 7 heteroatoms. The van der Waals surface area contributed by atoms with E-state index in [2.05, 4.69) is 10.6 Å². The van der Waals surface area contributed by atoms with E-state index < -0.39 is 23.1 Å². The minimum absolute atomic E-state index is 0.00519. The Hall–Kier alpha value is -1.79. The molecule has 3 N–H and O–H groups in total. The summed E-state index contributed by atoms with van der Waals surface area (Å²) >= 11 is 0. The van der Waals surface area contributed by atoms with E-state index in [9.17, 15) is 19.5 Å². The summed E-state index contributed by atoms with van der Waals surface area (Å²) in [4.78, 5) is 34.9. The van der Waals surface area contributed by atoms with Crippen molar-refractivity contribution in [1.29, 1.82) is 0 Å². The van der Waals surface area contributed by atoms with Gasteiger partial charge in [-0.25, -0.2) is 4.79 Å². The van der Waals surface area contributed by atoms with Crippen LogP contribution in [-0.2, 0) is 14.3 Å². The van der Waals surface area contributed by atoms with E-state index in [1.807, 2.05) is 0 Å². The van der Waals surface area contributed by atoms with E-state index in [-0.39, 0.29) is 25.4 Å². The molecule has 23 heavy (non-hydrogen) atoms. The van der Waals surface area contributed by atoms with Crippen LogP contribution in [0.3, 0.4) is 0 Å². The Morgan fingerprint density at radius 3 is 2.13 bits per heavy atom. The number of carbonyl (C=O) groups is 3. The third kappa shape index (κ3) is 6.88. The monoisotopic (exact) mass is 328 g/mol. The Labute approximate surface area is 137 Å². The van der Waals surface area contributed by atoms with Gasteiger partial charge in [-0.1, -0.05) is 19.3 Å². The highest BCUT2D eigenvalue weighted by atomic mass is 16.6. The highest BCUT2D eigenvalue weighted by Gasteiger charge is 2.41. The summed E-state index contributed by atoms with van der Waals surface area (Å²) in [6, 6.07) is 0. The molecule has 0 aliphatic heterocycles. The van der Waals surface area contributed by atoms with Crippen LogP contribution in [0.15, 0.2) is 0 Å². The number of hydrogen-bond acceptors (Lipinski definition) is 4. The van der Waals surface area contributed by atoms with Gasteiger partial charge in [0.1, 0.15) is 5.60 Å². The Morgan fingerprint density at radius 2 is 1.61 bits per heavy atom. The summed E-state index contributed by atoms with van der Waals surface area (Å²) in [5.41, 5.74) is -1.50. The number of aliphatic carboxylic acids is 1. The fourth-order valence-corrected chi connectivity index (χ4v) is 2.75. The molecule has 0 aromatic rings. The topological polar surface area (TPSA) is 105 Å². The normalized spacial score (nSPS) is 17.2. The summed E-state index contributed by atoms with van der Waals surface area (Å²) in [6.45, 7) is 5.78. The number of alkyl carbamates (subject to hydrolysis) is 1. The van der Waals surface area contributed by atoms with Crippen LogP contribution in [0.5, 0.6) is 0 Å². The number of carboxylic acid groups (broad SMARTS) is 1. The summed E-state index contributed by atoms with van der Waals surface area (Å²) in [6.07, 6.45) is 3.27. The lowest BCUT2D eigenvalue weighted by atomic mass is 9.71. The summed E-state index contributed by atoms with van der Waals surface area (Å²) in [7, 11) is 0. The highest BCUT2D eigenvalue weighted by molar-refractivity contribution is 5.85. The zero-order valence-corrected chi connectivity index (χ0v) is 14.2. The molecule has 0 bridgehead atoms. The zero-order chi connectivity index (χ0) is 17.5. The van der Waals surface area contributed by atoms with Crippen LogP contribution in [0.25, 0.3) is 0 Å². The first-order chi connectivity index (χ1) is 10.6. The van der Waals surface area contributed by atoms with Crippen LogP contribution < -0.4 is 10.6 Å². The Kier molecular flexibility index (Phi) is 6.84. The molecule has 0 aromatic heterocycles. The van der Waals surface area contributed by atoms with Gasteiger partial charge in [0.05, 0.1) is 5.41 Å². The second-order valence-corrected chi connectivity index (χ2v) is 7.10. The fraction of sp³-hybridized carbons (Fsp3) is 0.812. The maximum Gasteiger partial charge on any atom is 0.407 e. The van der Waals surface area contributed by atoms with E-state index in [4.69, 9.17) is 4.74 Å². The van der Waals surface area contributed by atoms with E-state index >= 15 is 0 Å². The van der Waals surface area contributed by atoms with E-state index in [1.54, 1.807) is 20.8 Å². The van der Waals surface area contributed by atoms with Gasteiger partial charge in [0.25, 0.3) is 0 Å². The first kappa shape index (κ1) is 19.3. The average Bonchev–Trinajstić information content (AvgIpc) is 2.42. The zero-order valence-electron chi connectivity index (χ0n) is 14.2. The van der Waals surface area contributed by atoms with Gasteiger partial charge in [0, 0.05) is 19.5 Å². The van der Waals surface area contributed by atoms with Gasteiger partial charge in [0.2, 0.25) is 5.91 Å². The van der Waals surface area contributed by atoms with Gasteiger partial charge < -0.3 is 20.5 Å². The third-order valence-electron chi connectivity index (χ3n) is 3.88. The van der Waals surface area contributed by atoms with Crippen molar-refractivity contribution in [1.82, 2.24) is 10.6 Å². The summed E-state index contributed by atoms with van der Waals surface area (Å²) in [5, 5.41) is 14.6. The van der Waals surface area contributed by atoms with Gasteiger partial charge in [0.15, 0.2) is 0 Å². The smallest absolute Gasteiger partial charge is 0.407 e. The predicted molar refractivity (Wildman–Crippen MR) is 85.0 cm³/mol.